The van der Waals surface area contributed by atoms with Crippen LogP contribution in [0, 0.1) is 10.1 Å². The standard InChI is InChI=1S/C12H18N4O4S/c1-14(21(19,20)15-7-5-13-6-8-15)10-11-3-2-4-12(9-11)16(17)18/h2-4,9,13H,5-8,10H2,1H3. The molecule has 0 saturated carbocycles. The zero-order valence-corrected chi connectivity index (χ0v) is 12.5. The third-order valence-electron chi connectivity index (χ3n) is 3.32. The summed E-state index contributed by atoms with van der Waals surface area (Å²) in [5, 5.41) is 13.8. The van der Waals surface area contributed by atoms with E-state index in [1.54, 1.807) is 12.1 Å². The summed E-state index contributed by atoms with van der Waals surface area (Å²) >= 11 is 0. The zero-order chi connectivity index (χ0) is 15.5. The molecule has 1 aromatic rings. The molecule has 0 spiro atoms. The molecule has 1 fully saturated rings. The van der Waals surface area contributed by atoms with Crippen LogP contribution in [-0.2, 0) is 16.8 Å². The Labute approximate surface area is 123 Å². The number of piperazine rings is 1. The monoisotopic (exact) mass is 314 g/mol. The Morgan fingerprint density at radius 2 is 2.05 bits per heavy atom. The fourth-order valence-electron chi connectivity index (χ4n) is 2.18. The fourth-order valence-corrected chi connectivity index (χ4v) is 3.53. The number of nitro groups is 1. The predicted octanol–water partition coefficient (Wildman–Crippen LogP) is 0.177. The van der Waals surface area contributed by atoms with Crippen LogP contribution in [0.4, 0.5) is 5.69 Å². The second kappa shape index (κ2) is 6.48. The van der Waals surface area contributed by atoms with Crippen molar-refractivity contribution in [2.75, 3.05) is 33.2 Å². The zero-order valence-electron chi connectivity index (χ0n) is 11.7. The van der Waals surface area contributed by atoms with Crippen LogP contribution in [0.1, 0.15) is 5.56 Å². The van der Waals surface area contributed by atoms with Crippen LogP contribution in [0.5, 0.6) is 0 Å². The second-order valence-electron chi connectivity index (χ2n) is 4.84. The van der Waals surface area contributed by atoms with Crippen LogP contribution in [0.2, 0.25) is 0 Å². The molecule has 0 atom stereocenters. The SMILES string of the molecule is CN(Cc1cccc([N+](=O)[O-])c1)S(=O)(=O)N1CCNCC1. The summed E-state index contributed by atoms with van der Waals surface area (Å²) in [5.74, 6) is 0. The minimum atomic E-state index is -3.54. The van der Waals surface area contributed by atoms with Gasteiger partial charge in [0.25, 0.3) is 15.9 Å². The summed E-state index contributed by atoms with van der Waals surface area (Å²) in [6.07, 6.45) is 0. The highest BCUT2D eigenvalue weighted by atomic mass is 32.2. The molecule has 1 aliphatic heterocycles. The summed E-state index contributed by atoms with van der Waals surface area (Å²) in [5.41, 5.74) is 0.547. The number of nitrogens with zero attached hydrogens (tertiary/aromatic N) is 3. The molecule has 1 heterocycles. The van der Waals surface area contributed by atoms with Gasteiger partial charge >= 0.3 is 0 Å². The van der Waals surface area contributed by atoms with Gasteiger partial charge in [0, 0.05) is 51.9 Å². The highest BCUT2D eigenvalue weighted by Gasteiger charge is 2.28. The quantitative estimate of drug-likeness (QED) is 0.618. The van der Waals surface area contributed by atoms with E-state index in [1.165, 1.54) is 27.8 Å². The molecule has 9 heteroatoms. The summed E-state index contributed by atoms with van der Waals surface area (Å²) < 4.78 is 27.4. The van der Waals surface area contributed by atoms with Gasteiger partial charge in [0.05, 0.1) is 4.92 Å². The molecule has 0 bridgehead atoms. The third kappa shape index (κ3) is 3.76. The number of benzene rings is 1. The molecule has 1 aromatic carbocycles. The Morgan fingerprint density at radius 1 is 1.38 bits per heavy atom. The maximum atomic E-state index is 12.4. The highest BCUT2D eigenvalue weighted by molar-refractivity contribution is 7.86. The van der Waals surface area contributed by atoms with Crippen molar-refractivity contribution in [2.24, 2.45) is 0 Å². The van der Waals surface area contributed by atoms with Gasteiger partial charge in [-0.15, -0.1) is 0 Å². The van der Waals surface area contributed by atoms with Crippen molar-refractivity contribution in [1.82, 2.24) is 13.9 Å². The average molecular weight is 314 g/mol. The van der Waals surface area contributed by atoms with Crippen LogP contribution < -0.4 is 5.32 Å². The van der Waals surface area contributed by atoms with E-state index < -0.39 is 15.1 Å². The van der Waals surface area contributed by atoms with Crippen LogP contribution in [-0.4, -0.2) is 55.2 Å². The molecule has 116 valence electrons. The number of hydrogen-bond donors (Lipinski definition) is 1. The molecule has 0 amide bonds. The largest absolute Gasteiger partial charge is 0.314 e. The van der Waals surface area contributed by atoms with Crippen LogP contribution in [0.25, 0.3) is 0 Å². The maximum Gasteiger partial charge on any atom is 0.282 e. The van der Waals surface area contributed by atoms with Crippen LogP contribution >= 0.6 is 0 Å². The van der Waals surface area contributed by atoms with Crippen molar-refractivity contribution < 1.29 is 13.3 Å². The number of hydrogen-bond acceptors (Lipinski definition) is 5. The maximum absolute atomic E-state index is 12.4. The van der Waals surface area contributed by atoms with Gasteiger partial charge in [0.1, 0.15) is 0 Å². The summed E-state index contributed by atoms with van der Waals surface area (Å²) in [6.45, 7) is 2.23. The minimum Gasteiger partial charge on any atom is -0.314 e. The van der Waals surface area contributed by atoms with Gasteiger partial charge in [-0.1, -0.05) is 12.1 Å². The van der Waals surface area contributed by atoms with Gasteiger partial charge < -0.3 is 5.32 Å². The summed E-state index contributed by atoms with van der Waals surface area (Å²) in [4.78, 5) is 10.2. The Bertz CT molecular complexity index is 613. The first-order valence-corrected chi connectivity index (χ1v) is 7.96. The lowest BCUT2D eigenvalue weighted by atomic mass is 10.2. The Balaban J connectivity index is 2.11. The molecule has 21 heavy (non-hydrogen) atoms. The predicted molar refractivity (Wildman–Crippen MR) is 77.9 cm³/mol. The first kappa shape index (κ1) is 15.8. The average Bonchev–Trinajstić information content (AvgIpc) is 2.48. The first-order chi connectivity index (χ1) is 9.91. The van der Waals surface area contributed by atoms with Crippen LogP contribution in [0.3, 0.4) is 0 Å². The highest BCUT2D eigenvalue weighted by Crippen LogP contribution is 2.17. The van der Waals surface area contributed by atoms with E-state index in [-0.39, 0.29) is 12.2 Å². The molecule has 0 unspecified atom stereocenters. The normalized spacial score (nSPS) is 17.0. The van der Waals surface area contributed by atoms with Crippen molar-refractivity contribution in [3.8, 4) is 0 Å². The summed E-state index contributed by atoms with van der Waals surface area (Å²) in [6, 6.07) is 6.01. The molecule has 1 saturated heterocycles. The van der Waals surface area contributed by atoms with E-state index in [4.69, 9.17) is 0 Å². The molecule has 1 aliphatic rings. The lowest BCUT2D eigenvalue weighted by molar-refractivity contribution is -0.384. The molecular weight excluding hydrogens is 296 g/mol. The number of nitro benzene ring substituents is 1. The third-order valence-corrected chi connectivity index (χ3v) is 5.26. The molecule has 1 N–H and O–H groups in total. The molecular formula is C12H18N4O4S. The van der Waals surface area contributed by atoms with E-state index in [2.05, 4.69) is 5.32 Å². The van der Waals surface area contributed by atoms with Crippen molar-refractivity contribution in [2.45, 2.75) is 6.54 Å². The van der Waals surface area contributed by atoms with E-state index in [9.17, 15) is 18.5 Å². The number of rotatable bonds is 5. The fraction of sp³-hybridized carbons (Fsp3) is 0.500. The molecule has 8 nitrogen and oxygen atoms in total. The van der Waals surface area contributed by atoms with Gasteiger partial charge in [0.2, 0.25) is 0 Å². The van der Waals surface area contributed by atoms with Gasteiger partial charge in [0.15, 0.2) is 0 Å². The van der Waals surface area contributed by atoms with E-state index in [1.807, 2.05) is 0 Å². The van der Waals surface area contributed by atoms with Gasteiger partial charge in [-0.3, -0.25) is 10.1 Å². The van der Waals surface area contributed by atoms with Gasteiger partial charge in [-0.25, -0.2) is 0 Å². The molecule has 0 aliphatic carbocycles. The lowest BCUT2D eigenvalue weighted by Crippen LogP contribution is -2.50. The topological polar surface area (TPSA) is 95.8 Å². The first-order valence-electron chi connectivity index (χ1n) is 6.57. The van der Waals surface area contributed by atoms with Crippen molar-refractivity contribution in [3.63, 3.8) is 0 Å². The van der Waals surface area contributed by atoms with Gasteiger partial charge in [-0.2, -0.15) is 17.0 Å². The minimum absolute atomic E-state index is 0.0412. The van der Waals surface area contributed by atoms with Crippen LogP contribution in [0.15, 0.2) is 24.3 Å². The Kier molecular flexibility index (Phi) is 4.88. The van der Waals surface area contributed by atoms with E-state index in [0.717, 1.165) is 0 Å². The van der Waals surface area contributed by atoms with Crippen molar-refractivity contribution in [1.29, 1.82) is 0 Å². The van der Waals surface area contributed by atoms with Crippen molar-refractivity contribution >= 4 is 15.9 Å². The number of nitrogens with one attached hydrogen (secondary N) is 1. The Hall–Kier alpha value is -1.55. The molecule has 0 radical (unpaired) electrons. The van der Waals surface area contributed by atoms with E-state index in [0.29, 0.717) is 31.7 Å². The second-order valence-corrected chi connectivity index (χ2v) is 6.88. The smallest absolute Gasteiger partial charge is 0.282 e. The summed E-state index contributed by atoms with van der Waals surface area (Å²) in [7, 11) is -2.05. The van der Waals surface area contributed by atoms with Gasteiger partial charge in [-0.05, 0) is 5.56 Å². The van der Waals surface area contributed by atoms with Crippen molar-refractivity contribution in [3.05, 3.63) is 39.9 Å². The number of non-ortho nitro benzene ring substituents is 1. The molecule has 0 aromatic heterocycles. The van der Waals surface area contributed by atoms with E-state index >= 15 is 0 Å². The lowest BCUT2D eigenvalue weighted by Gasteiger charge is -2.30. The molecule has 2 rings (SSSR count). The Morgan fingerprint density at radius 3 is 2.67 bits per heavy atom.